The van der Waals surface area contributed by atoms with Crippen LogP contribution in [0.15, 0.2) is 41.8 Å². The predicted molar refractivity (Wildman–Crippen MR) is 99.1 cm³/mol. The van der Waals surface area contributed by atoms with E-state index >= 15 is 0 Å². The minimum absolute atomic E-state index is 0.0104. The molecule has 10 heteroatoms. The average Bonchev–Trinajstić information content (AvgIpc) is 3.28. The summed E-state index contributed by atoms with van der Waals surface area (Å²) in [5.74, 6) is -0.360. The van der Waals surface area contributed by atoms with Crippen LogP contribution in [0.4, 0.5) is 24.0 Å². The van der Waals surface area contributed by atoms with Crippen LogP contribution in [0.1, 0.15) is 25.8 Å². The molecule has 0 atom stereocenters. The Balaban J connectivity index is 1.64. The zero-order valence-corrected chi connectivity index (χ0v) is 15.3. The third-order valence-electron chi connectivity index (χ3n) is 3.51. The Bertz CT molecular complexity index is 937. The number of carbonyl (C=O) groups excluding carboxylic acids is 1. The number of aromatic nitrogens is 1. The van der Waals surface area contributed by atoms with Crippen LogP contribution < -0.4 is 10.6 Å². The number of carbonyl (C=O) groups is 1. The number of halogens is 3. The molecule has 2 aromatic heterocycles. The van der Waals surface area contributed by atoms with Crippen molar-refractivity contribution in [3.8, 4) is 0 Å². The van der Waals surface area contributed by atoms with Crippen molar-refractivity contribution in [3.63, 3.8) is 0 Å². The Morgan fingerprint density at radius 1 is 1.19 bits per heavy atom. The summed E-state index contributed by atoms with van der Waals surface area (Å²) in [5.41, 5.74) is -0.276. The summed E-state index contributed by atoms with van der Waals surface area (Å²) in [7, 11) is 0. The van der Waals surface area contributed by atoms with Crippen LogP contribution in [0.25, 0.3) is 0 Å². The van der Waals surface area contributed by atoms with Gasteiger partial charge in [0.25, 0.3) is 5.91 Å². The van der Waals surface area contributed by atoms with E-state index in [4.69, 9.17) is 5.11 Å². The van der Waals surface area contributed by atoms with Crippen LogP contribution >= 0.6 is 22.7 Å². The number of alkyl halides is 3. The van der Waals surface area contributed by atoms with Crippen LogP contribution in [-0.2, 0) is 19.3 Å². The van der Waals surface area contributed by atoms with Gasteiger partial charge in [0, 0.05) is 22.5 Å². The summed E-state index contributed by atoms with van der Waals surface area (Å²) >= 11 is 2.38. The lowest BCUT2D eigenvalue weighted by Crippen LogP contribution is -2.10. The van der Waals surface area contributed by atoms with Crippen LogP contribution in [0.3, 0.4) is 0 Å². The van der Waals surface area contributed by atoms with Gasteiger partial charge in [-0.2, -0.15) is 13.2 Å². The smallest absolute Gasteiger partial charge is 0.390 e. The van der Waals surface area contributed by atoms with Crippen molar-refractivity contribution >= 4 is 39.4 Å². The highest BCUT2D eigenvalue weighted by Gasteiger charge is 2.33. The second kappa shape index (κ2) is 8.07. The van der Waals surface area contributed by atoms with Crippen molar-refractivity contribution in [1.29, 1.82) is 0 Å². The van der Waals surface area contributed by atoms with E-state index in [2.05, 4.69) is 15.6 Å². The largest absolute Gasteiger partial charge is 0.418 e. The molecule has 0 bridgehead atoms. The van der Waals surface area contributed by atoms with Crippen molar-refractivity contribution in [1.82, 2.24) is 4.98 Å². The highest BCUT2D eigenvalue weighted by atomic mass is 32.1. The Morgan fingerprint density at radius 3 is 2.67 bits per heavy atom. The van der Waals surface area contributed by atoms with Crippen molar-refractivity contribution in [2.24, 2.45) is 0 Å². The normalized spacial score (nSPS) is 11.4. The lowest BCUT2D eigenvalue weighted by Gasteiger charge is -2.13. The van der Waals surface area contributed by atoms with E-state index in [0.717, 1.165) is 6.07 Å². The number of para-hydroxylation sites is 1. The van der Waals surface area contributed by atoms with Gasteiger partial charge in [0.2, 0.25) is 0 Å². The number of nitrogens with one attached hydrogen (secondary N) is 2. The Kier molecular flexibility index (Phi) is 5.78. The first-order valence-electron chi connectivity index (χ1n) is 7.72. The molecule has 27 heavy (non-hydrogen) atoms. The van der Waals surface area contributed by atoms with E-state index in [1.54, 1.807) is 17.5 Å². The van der Waals surface area contributed by atoms with Gasteiger partial charge in [-0.1, -0.05) is 12.1 Å². The number of anilines is 2. The quantitative estimate of drug-likeness (QED) is 0.553. The van der Waals surface area contributed by atoms with Gasteiger partial charge in [-0.05, 0) is 24.3 Å². The van der Waals surface area contributed by atoms with Gasteiger partial charge in [0.15, 0.2) is 5.13 Å². The van der Waals surface area contributed by atoms with Gasteiger partial charge in [-0.25, -0.2) is 4.98 Å². The minimum atomic E-state index is -4.44. The van der Waals surface area contributed by atoms with Gasteiger partial charge < -0.3 is 10.4 Å². The first kappa shape index (κ1) is 19.3. The topological polar surface area (TPSA) is 74.2 Å². The van der Waals surface area contributed by atoms with Gasteiger partial charge in [-0.3, -0.25) is 10.1 Å². The Morgan fingerprint density at radius 2 is 1.96 bits per heavy atom. The van der Waals surface area contributed by atoms with Crippen LogP contribution in [0.5, 0.6) is 0 Å². The molecule has 0 aliphatic heterocycles. The molecule has 5 nitrogen and oxygen atoms in total. The molecule has 2 heterocycles. The molecule has 3 N–H and O–H groups in total. The van der Waals surface area contributed by atoms with Crippen molar-refractivity contribution < 1.29 is 23.1 Å². The molecule has 0 spiro atoms. The highest BCUT2D eigenvalue weighted by molar-refractivity contribution is 7.15. The molecule has 3 rings (SSSR count). The molecule has 3 aromatic rings. The molecule has 1 amide bonds. The van der Waals surface area contributed by atoms with Crippen molar-refractivity contribution in [2.75, 3.05) is 10.6 Å². The maximum absolute atomic E-state index is 13.0. The monoisotopic (exact) mass is 413 g/mol. The Hall–Kier alpha value is -2.43. The fraction of sp³-hybridized carbons (Fsp3) is 0.176. The van der Waals surface area contributed by atoms with E-state index in [1.165, 1.54) is 40.9 Å². The number of nitrogens with zero attached hydrogens (tertiary/aromatic N) is 1. The average molecular weight is 413 g/mol. The number of aliphatic hydroxyl groups excluding tert-OH is 1. The molecule has 0 unspecified atom stereocenters. The van der Waals surface area contributed by atoms with E-state index in [-0.39, 0.29) is 24.7 Å². The molecule has 0 radical (unpaired) electrons. The van der Waals surface area contributed by atoms with E-state index in [9.17, 15) is 18.0 Å². The molecular formula is C17H14F3N3O2S2. The van der Waals surface area contributed by atoms with Crippen LogP contribution in [0, 0.1) is 0 Å². The molecule has 0 aliphatic rings. The zero-order valence-electron chi connectivity index (χ0n) is 13.7. The number of rotatable bonds is 6. The maximum Gasteiger partial charge on any atom is 0.418 e. The third kappa shape index (κ3) is 4.85. The summed E-state index contributed by atoms with van der Waals surface area (Å²) in [5, 5.41) is 16.4. The number of hydrogen-bond donors (Lipinski definition) is 3. The highest BCUT2D eigenvalue weighted by Crippen LogP contribution is 2.35. The van der Waals surface area contributed by atoms with Gasteiger partial charge in [0.05, 0.1) is 22.7 Å². The van der Waals surface area contributed by atoms with Crippen LogP contribution in [0.2, 0.25) is 0 Å². The first-order chi connectivity index (χ1) is 12.9. The summed E-state index contributed by atoms with van der Waals surface area (Å²) in [6, 6.07) is 8.54. The molecule has 0 aliphatic carbocycles. The van der Waals surface area contributed by atoms with E-state index in [0.29, 0.717) is 20.6 Å². The summed E-state index contributed by atoms with van der Waals surface area (Å²) in [6.07, 6.45) is -4.44. The van der Waals surface area contributed by atoms with E-state index < -0.39 is 11.7 Å². The third-order valence-corrected chi connectivity index (χ3v) is 5.40. The van der Waals surface area contributed by atoms with E-state index in [1.807, 2.05) is 0 Å². The number of hydrogen-bond acceptors (Lipinski definition) is 6. The number of benzene rings is 1. The fourth-order valence-electron chi connectivity index (χ4n) is 2.26. The summed E-state index contributed by atoms with van der Waals surface area (Å²) in [4.78, 5) is 17.4. The number of thiazole rings is 1. The van der Waals surface area contributed by atoms with Crippen LogP contribution in [-0.4, -0.2) is 16.0 Å². The standard InChI is InChI=1S/C17H14F3N3O2S2/c18-17(19,20)12-3-1-2-4-13(12)21-7-11-5-6-14(27-11)15(25)23-16-22-10(8-24)9-26-16/h1-6,9,21,24H,7-8H2,(H,22,23,25). The lowest BCUT2D eigenvalue weighted by atomic mass is 10.1. The minimum Gasteiger partial charge on any atom is -0.390 e. The predicted octanol–water partition coefficient (Wildman–Crippen LogP) is 4.58. The van der Waals surface area contributed by atoms with Gasteiger partial charge in [-0.15, -0.1) is 22.7 Å². The van der Waals surface area contributed by atoms with Crippen molar-refractivity contribution in [3.05, 3.63) is 62.8 Å². The molecule has 1 aromatic carbocycles. The Labute approximate surface area is 160 Å². The van der Waals surface area contributed by atoms with Crippen molar-refractivity contribution in [2.45, 2.75) is 19.3 Å². The summed E-state index contributed by atoms with van der Waals surface area (Å²) < 4.78 is 39.0. The number of thiophene rings is 1. The zero-order chi connectivity index (χ0) is 19.4. The fourth-order valence-corrected chi connectivity index (χ4v) is 3.80. The first-order valence-corrected chi connectivity index (χ1v) is 9.42. The van der Waals surface area contributed by atoms with Gasteiger partial charge >= 0.3 is 6.18 Å². The second-order valence-electron chi connectivity index (χ2n) is 5.42. The molecule has 0 saturated carbocycles. The molecule has 0 saturated heterocycles. The second-order valence-corrected chi connectivity index (χ2v) is 7.45. The van der Waals surface area contributed by atoms with Gasteiger partial charge in [0.1, 0.15) is 0 Å². The molecule has 0 fully saturated rings. The lowest BCUT2D eigenvalue weighted by molar-refractivity contribution is -0.137. The maximum atomic E-state index is 13.0. The molecular weight excluding hydrogens is 399 g/mol. The SMILES string of the molecule is O=C(Nc1nc(CO)cs1)c1ccc(CNc2ccccc2C(F)(F)F)s1. The summed E-state index contributed by atoms with van der Waals surface area (Å²) in [6.45, 7) is -0.0441. The molecule has 142 valence electrons. The number of aliphatic hydroxyl groups is 1. The number of amides is 1.